The maximum atomic E-state index is 12.8. The molecule has 1 aromatic heterocycles. The average molecular weight is 472 g/mol. The number of nitrogens with one attached hydrogen (secondary N) is 2. The van der Waals surface area contributed by atoms with Crippen LogP contribution in [0.2, 0.25) is 5.02 Å². The lowest BCUT2D eigenvalue weighted by Gasteiger charge is -2.10. The molecule has 1 amide bonds. The molecule has 2 N–H and O–H groups in total. The van der Waals surface area contributed by atoms with Crippen molar-refractivity contribution in [3.05, 3.63) is 89.6 Å². The highest BCUT2D eigenvalue weighted by molar-refractivity contribution is 7.99. The number of benzene rings is 3. The van der Waals surface area contributed by atoms with E-state index in [-0.39, 0.29) is 17.4 Å². The third kappa shape index (κ3) is 5.46. The Kier molecular flexibility index (Phi) is 6.72. The van der Waals surface area contributed by atoms with E-state index in [1.807, 2.05) is 48.5 Å². The van der Waals surface area contributed by atoms with Crippen molar-refractivity contribution in [1.29, 1.82) is 0 Å². The molecule has 0 saturated heterocycles. The molecule has 0 radical (unpaired) electrons. The van der Waals surface area contributed by atoms with Gasteiger partial charge in [0.05, 0.1) is 11.4 Å². The summed E-state index contributed by atoms with van der Waals surface area (Å²) in [4.78, 5) is 14.6. The molecule has 5 nitrogen and oxygen atoms in total. The molecule has 0 bridgehead atoms. The standard InChI is InChI=1S/C23H16ClF2N3O2S/c24-15-7-11-17(12-8-15)32-21-4-2-1-3-18(21)27-22(30)20-13-19(28-29-20)14-5-9-16(10-6-14)31-23(25)26/h1-13,23H,(H,27,30)(H,28,29). The van der Waals surface area contributed by atoms with Crippen LogP contribution in [0.5, 0.6) is 5.75 Å². The van der Waals surface area contributed by atoms with Gasteiger partial charge in [0.25, 0.3) is 5.91 Å². The summed E-state index contributed by atoms with van der Waals surface area (Å²) in [5.41, 5.74) is 2.07. The van der Waals surface area contributed by atoms with Crippen molar-refractivity contribution < 1.29 is 18.3 Å². The number of carbonyl (C=O) groups excluding carboxylic acids is 1. The quantitative estimate of drug-likeness (QED) is 0.313. The van der Waals surface area contributed by atoms with Crippen LogP contribution in [-0.2, 0) is 0 Å². The number of para-hydroxylation sites is 1. The van der Waals surface area contributed by atoms with E-state index in [0.29, 0.717) is 22.0 Å². The molecule has 0 spiro atoms. The van der Waals surface area contributed by atoms with Gasteiger partial charge in [0.2, 0.25) is 0 Å². The van der Waals surface area contributed by atoms with Crippen LogP contribution in [0.3, 0.4) is 0 Å². The first kappa shape index (κ1) is 21.9. The number of halogens is 3. The van der Waals surface area contributed by atoms with Gasteiger partial charge >= 0.3 is 6.61 Å². The number of aromatic amines is 1. The van der Waals surface area contributed by atoms with Gasteiger partial charge in [-0.2, -0.15) is 13.9 Å². The zero-order chi connectivity index (χ0) is 22.5. The molecule has 0 atom stereocenters. The highest BCUT2D eigenvalue weighted by Crippen LogP contribution is 2.34. The van der Waals surface area contributed by atoms with E-state index < -0.39 is 6.61 Å². The van der Waals surface area contributed by atoms with Gasteiger partial charge in [-0.1, -0.05) is 35.5 Å². The molecule has 0 aliphatic heterocycles. The minimum atomic E-state index is -2.89. The summed E-state index contributed by atoms with van der Waals surface area (Å²) < 4.78 is 28.9. The van der Waals surface area contributed by atoms with Crippen LogP contribution in [0, 0.1) is 0 Å². The van der Waals surface area contributed by atoms with Crippen molar-refractivity contribution in [2.45, 2.75) is 16.4 Å². The van der Waals surface area contributed by atoms with Crippen molar-refractivity contribution in [3.8, 4) is 17.0 Å². The summed E-state index contributed by atoms with van der Waals surface area (Å²) in [5, 5.41) is 10.4. The van der Waals surface area contributed by atoms with Crippen molar-refractivity contribution in [2.75, 3.05) is 5.32 Å². The second-order valence-electron chi connectivity index (χ2n) is 6.58. The Morgan fingerprint density at radius 2 is 1.75 bits per heavy atom. The Morgan fingerprint density at radius 3 is 2.47 bits per heavy atom. The van der Waals surface area contributed by atoms with Gasteiger partial charge < -0.3 is 10.1 Å². The van der Waals surface area contributed by atoms with Gasteiger partial charge in [-0.05, 0) is 66.7 Å². The largest absolute Gasteiger partial charge is 0.435 e. The molecule has 0 saturated carbocycles. The maximum Gasteiger partial charge on any atom is 0.387 e. The van der Waals surface area contributed by atoms with Crippen molar-refractivity contribution in [2.24, 2.45) is 0 Å². The number of ether oxygens (including phenoxy) is 1. The van der Waals surface area contributed by atoms with Crippen molar-refractivity contribution >= 4 is 35.0 Å². The molecule has 162 valence electrons. The van der Waals surface area contributed by atoms with Crippen molar-refractivity contribution in [3.63, 3.8) is 0 Å². The minimum Gasteiger partial charge on any atom is -0.435 e. The highest BCUT2D eigenvalue weighted by atomic mass is 35.5. The van der Waals surface area contributed by atoms with E-state index in [9.17, 15) is 13.6 Å². The molecular weight excluding hydrogens is 456 g/mol. The summed E-state index contributed by atoms with van der Waals surface area (Å²) in [6.07, 6.45) is 0. The maximum absolute atomic E-state index is 12.8. The van der Waals surface area contributed by atoms with E-state index >= 15 is 0 Å². The molecule has 0 fully saturated rings. The summed E-state index contributed by atoms with van der Waals surface area (Å²) in [7, 11) is 0. The average Bonchev–Trinajstić information content (AvgIpc) is 3.27. The number of anilines is 1. The fraction of sp³-hybridized carbons (Fsp3) is 0.0435. The highest BCUT2D eigenvalue weighted by Gasteiger charge is 2.14. The van der Waals surface area contributed by atoms with Gasteiger partial charge in [-0.15, -0.1) is 0 Å². The monoisotopic (exact) mass is 471 g/mol. The van der Waals surface area contributed by atoms with Crippen LogP contribution in [0.4, 0.5) is 14.5 Å². The van der Waals surface area contributed by atoms with Crippen molar-refractivity contribution in [1.82, 2.24) is 10.2 Å². The molecule has 4 aromatic rings. The van der Waals surface area contributed by atoms with Gasteiger partial charge in [0, 0.05) is 20.4 Å². The molecule has 0 aliphatic carbocycles. The van der Waals surface area contributed by atoms with E-state index in [1.165, 1.54) is 23.9 Å². The first-order valence-electron chi connectivity index (χ1n) is 9.42. The lowest BCUT2D eigenvalue weighted by molar-refractivity contribution is -0.0498. The van der Waals surface area contributed by atoms with Crippen LogP contribution in [0.25, 0.3) is 11.3 Å². The van der Waals surface area contributed by atoms with Crippen LogP contribution in [0.15, 0.2) is 88.7 Å². The predicted molar refractivity (Wildman–Crippen MR) is 121 cm³/mol. The first-order chi connectivity index (χ1) is 15.5. The van der Waals surface area contributed by atoms with E-state index in [4.69, 9.17) is 11.6 Å². The van der Waals surface area contributed by atoms with E-state index in [1.54, 1.807) is 18.2 Å². The number of rotatable bonds is 7. The molecule has 3 aromatic carbocycles. The van der Waals surface area contributed by atoms with Crippen LogP contribution in [-0.4, -0.2) is 22.7 Å². The Bertz CT molecular complexity index is 1210. The first-order valence-corrected chi connectivity index (χ1v) is 10.6. The van der Waals surface area contributed by atoms with Gasteiger partial charge in [0.1, 0.15) is 11.4 Å². The summed E-state index contributed by atoms with van der Waals surface area (Å²) in [6.45, 7) is -2.89. The minimum absolute atomic E-state index is 0.0482. The number of alkyl halides is 2. The van der Waals surface area contributed by atoms with Gasteiger partial charge in [-0.25, -0.2) is 0 Å². The van der Waals surface area contributed by atoms with Crippen LogP contribution < -0.4 is 10.1 Å². The molecule has 4 rings (SSSR count). The SMILES string of the molecule is O=C(Nc1ccccc1Sc1ccc(Cl)cc1)c1cc(-c2ccc(OC(F)F)cc2)n[nH]1. The van der Waals surface area contributed by atoms with Crippen LogP contribution in [0.1, 0.15) is 10.5 Å². The zero-order valence-corrected chi connectivity index (χ0v) is 18.0. The Morgan fingerprint density at radius 1 is 1.03 bits per heavy atom. The van der Waals surface area contributed by atoms with E-state index in [2.05, 4.69) is 20.3 Å². The number of amides is 1. The number of carbonyl (C=O) groups is 1. The number of aromatic nitrogens is 2. The topological polar surface area (TPSA) is 67.0 Å². The number of H-pyrrole nitrogens is 1. The molecule has 0 aliphatic rings. The summed E-state index contributed by atoms with van der Waals surface area (Å²) in [5.74, 6) is -0.308. The van der Waals surface area contributed by atoms with E-state index in [0.717, 1.165) is 9.79 Å². The molecule has 9 heteroatoms. The predicted octanol–water partition coefficient (Wildman–Crippen LogP) is 6.74. The second-order valence-corrected chi connectivity index (χ2v) is 8.13. The summed E-state index contributed by atoms with van der Waals surface area (Å²) in [6, 6.07) is 22.5. The van der Waals surface area contributed by atoms with Gasteiger partial charge in [0.15, 0.2) is 0 Å². The Labute approximate surface area is 191 Å². The third-order valence-corrected chi connectivity index (χ3v) is 5.71. The fourth-order valence-corrected chi connectivity index (χ4v) is 3.90. The Hall–Kier alpha value is -3.36. The van der Waals surface area contributed by atoms with Crippen LogP contribution >= 0.6 is 23.4 Å². The Balaban J connectivity index is 1.47. The normalized spacial score (nSPS) is 10.9. The molecular formula is C23H16ClF2N3O2S. The third-order valence-electron chi connectivity index (χ3n) is 4.37. The lowest BCUT2D eigenvalue weighted by atomic mass is 10.1. The second kappa shape index (κ2) is 9.84. The number of hydrogen-bond acceptors (Lipinski definition) is 4. The summed E-state index contributed by atoms with van der Waals surface area (Å²) >= 11 is 7.45. The van der Waals surface area contributed by atoms with Gasteiger partial charge in [-0.3, -0.25) is 9.89 Å². The molecule has 1 heterocycles. The molecule has 0 unspecified atom stereocenters. The zero-order valence-electron chi connectivity index (χ0n) is 16.4. The fourth-order valence-electron chi connectivity index (χ4n) is 2.87. The number of hydrogen-bond donors (Lipinski definition) is 2. The number of nitrogens with zero attached hydrogens (tertiary/aromatic N) is 1. The smallest absolute Gasteiger partial charge is 0.387 e. The molecule has 32 heavy (non-hydrogen) atoms. The lowest BCUT2D eigenvalue weighted by Crippen LogP contribution is -2.12.